The number of anilines is 1. The van der Waals surface area contributed by atoms with Gasteiger partial charge in [-0.2, -0.15) is 0 Å². The van der Waals surface area contributed by atoms with Crippen LogP contribution in [0.25, 0.3) is 5.76 Å². The zero-order valence-electron chi connectivity index (χ0n) is 26.7. The molecular formula is C32H45BN5O6. The Labute approximate surface area is 260 Å². The molecule has 1 aromatic carbocycles. The number of hydrogen-bond acceptors (Lipinski definition) is 10. The van der Waals surface area contributed by atoms with E-state index >= 15 is 0 Å². The van der Waals surface area contributed by atoms with Gasteiger partial charge in [-0.1, -0.05) is 0 Å². The van der Waals surface area contributed by atoms with Gasteiger partial charge in [-0.25, -0.2) is 0 Å². The van der Waals surface area contributed by atoms with Crippen molar-refractivity contribution in [3.8, 4) is 5.75 Å². The SMILES string of the molecule is [B]=C1C(C(N)=O)=C(O)[C@@H](N(C)C)[C@@H]2C[C@@H]3Cc4c(c(OC)cc(CN(C)CCN5CCCC5)c4N(C)C)C(O)=C3C(=O)[C@]12O. The van der Waals surface area contributed by atoms with E-state index in [-0.39, 0.29) is 23.5 Å². The number of carbonyl (C=O) groups is 2. The van der Waals surface area contributed by atoms with E-state index in [1.807, 2.05) is 25.1 Å². The maximum atomic E-state index is 14.3. The van der Waals surface area contributed by atoms with Gasteiger partial charge >= 0.3 is 223 Å². The van der Waals surface area contributed by atoms with Crippen LogP contribution in [-0.2, 0) is 22.6 Å². The van der Waals surface area contributed by atoms with E-state index in [0.717, 1.165) is 43.0 Å². The van der Waals surface area contributed by atoms with E-state index < -0.39 is 46.2 Å². The minimum absolute atomic E-state index is 0.0420. The van der Waals surface area contributed by atoms with Gasteiger partial charge in [0.1, 0.15) is 0 Å². The Morgan fingerprint density at radius 3 is 2.41 bits per heavy atom. The van der Waals surface area contributed by atoms with Crippen LogP contribution in [0.5, 0.6) is 5.75 Å². The molecule has 1 saturated carbocycles. The van der Waals surface area contributed by atoms with Crippen molar-refractivity contribution in [2.75, 3.05) is 73.4 Å². The Morgan fingerprint density at radius 2 is 1.84 bits per heavy atom. The van der Waals surface area contributed by atoms with E-state index in [4.69, 9.17) is 18.0 Å². The first kappa shape index (κ1) is 32.2. The molecule has 12 heteroatoms. The van der Waals surface area contributed by atoms with Crippen LogP contribution in [0.3, 0.4) is 0 Å². The van der Waals surface area contributed by atoms with Crippen molar-refractivity contribution >= 4 is 36.1 Å². The number of primary amides is 1. The Kier molecular flexibility index (Phi) is 8.76. The van der Waals surface area contributed by atoms with Crippen molar-refractivity contribution in [3.63, 3.8) is 0 Å². The van der Waals surface area contributed by atoms with Crippen LogP contribution < -0.4 is 15.4 Å². The number of benzene rings is 1. The second-order valence-electron chi connectivity index (χ2n) is 13.2. The predicted molar refractivity (Wildman–Crippen MR) is 171 cm³/mol. The van der Waals surface area contributed by atoms with E-state index in [0.29, 0.717) is 24.3 Å². The summed E-state index contributed by atoms with van der Waals surface area (Å²) in [6.07, 6.45) is 3.12. The molecule has 3 aliphatic carbocycles. The molecule has 237 valence electrons. The Balaban J connectivity index is 1.60. The molecule has 0 aromatic heterocycles. The van der Waals surface area contributed by atoms with Gasteiger partial charge in [0.05, 0.1) is 0 Å². The van der Waals surface area contributed by atoms with Crippen molar-refractivity contribution in [2.24, 2.45) is 17.6 Å². The van der Waals surface area contributed by atoms with E-state index in [9.17, 15) is 24.9 Å². The second kappa shape index (κ2) is 12.0. The summed E-state index contributed by atoms with van der Waals surface area (Å²) in [5.41, 5.74) is 5.55. The zero-order valence-corrected chi connectivity index (χ0v) is 26.7. The normalized spacial score (nSPS) is 27.1. The van der Waals surface area contributed by atoms with Crippen molar-refractivity contribution < 1.29 is 29.6 Å². The van der Waals surface area contributed by atoms with Gasteiger partial charge in [0.2, 0.25) is 0 Å². The molecule has 5 N–H and O–H groups in total. The predicted octanol–water partition coefficient (Wildman–Crippen LogP) is 0.632. The number of nitrogens with zero attached hydrogens (tertiary/aromatic N) is 4. The molecule has 44 heavy (non-hydrogen) atoms. The molecule has 1 aromatic rings. The molecule has 1 aliphatic heterocycles. The summed E-state index contributed by atoms with van der Waals surface area (Å²) < 4.78 is 5.81. The van der Waals surface area contributed by atoms with Crippen molar-refractivity contribution in [3.05, 3.63) is 39.7 Å². The van der Waals surface area contributed by atoms with Gasteiger partial charge in [-0.15, -0.1) is 0 Å². The molecule has 0 spiro atoms. The van der Waals surface area contributed by atoms with Gasteiger partial charge in [-0.05, 0) is 25.9 Å². The summed E-state index contributed by atoms with van der Waals surface area (Å²) in [5.74, 6) is -3.42. The van der Waals surface area contributed by atoms with Crippen LogP contribution in [0.4, 0.5) is 5.69 Å². The Morgan fingerprint density at radius 1 is 1.18 bits per heavy atom. The number of nitrogens with two attached hydrogens (primary N) is 1. The van der Waals surface area contributed by atoms with Gasteiger partial charge in [-0.3, -0.25) is 0 Å². The number of carbonyl (C=O) groups excluding carboxylic acids is 2. The van der Waals surface area contributed by atoms with Crippen LogP contribution in [0.15, 0.2) is 23.0 Å². The van der Waals surface area contributed by atoms with Gasteiger partial charge < -0.3 is 4.90 Å². The topological polar surface area (TPSA) is 143 Å². The molecule has 2 fully saturated rings. The molecule has 0 unspecified atom stereocenters. The summed E-state index contributed by atoms with van der Waals surface area (Å²) in [4.78, 5) is 35.1. The molecule has 0 bridgehead atoms. The molecule has 1 radical (unpaired) electrons. The monoisotopic (exact) mass is 606 g/mol. The number of ketones is 1. The molecule has 11 nitrogen and oxygen atoms in total. The second-order valence-corrected chi connectivity index (χ2v) is 13.2. The molecule has 5 rings (SSSR count). The number of rotatable bonds is 9. The van der Waals surface area contributed by atoms with Crippen molar-refractivity contribution in [1.29, 1.82) is 0 Å². The van der Waals surface area contributed by atoms with Crippen LogP contribution in [0, 0.1) is 11.8 Å². The maximum absolute atomic E-state index is 14.3. The third-order valence-corrected chi connectivity index (χ3v) is 9.96. The van der Waals surface area contributed by atoms with Gasteiger partial charge in [0, 0.05) is 6.54 Å². The van der Waals surface area contributed by atoms with Crippen LogP contribution in [-0.4, -0.2) is 135 Å². The summed E-state index contributed by atoms with van der Waals surface area (Å²) in [5, 5.41) is 35.0. The number of likely N-dealkylation sites (tertiary alicyclic amines) is 1. The fourth-order valence-electron chi connectivity index (χ4n) is 7.98. The number of ether oxygens (including phenoxy) is 1. The first-order valence-electron chi connectivity index (χ1n) is 15.3. The minimum atomic E-state index is -2.35. The first-order chi connectivity index (χ1) is 20.7. The third-order valence-electron chi connectivity index (χ3n) is 9.96. The molecule has 1 amide bonds. The Bertz CT molecular complexity index is 1450. The van der Waals surface area contributed by atoms with Crippen LogP contribution in [0.1, 0.15) is 36.0 Å². The summed E-state index contributed by atoms with van der Waals surface area (Å²) in [7, 11) is 17.2. The summed E-state index contributed by atoms with van der Waals surface area (Å²) in [6, 6.07) is 1.01. The van der Waals surface area contributed by atoms with Crippen LogP contribution >= 0.6 is 0 Å². The average molecular weight is 607 g/mol. The number of likely N-dealkylation sites (N-methyl/N-ethyl adjacent to an activating group) is 2. The van der Waals surface area contributed by atoms with Crippen molar-refractivity contribution in [1.82, 2.24) is 14.7 Å². The first-order valence-corrected chi connectivity index (χ1v) is 15.3. The number of fused-ring (bicyclic) bond motifs is 3. The molecule has 4 aliphatic rings. The molecular weight excluding hydrogens is 561 g/mol. The number of amides is 1. The third kappa shape index (κ3) is 5.05. The number of Topliss-reactive ketones (excluding diaryl/α,β-unsaturated/α-hetero) is 1. The summed E-state index contributed by atoms with van der Waals surface area (Å²) >= 11 is 0. The summed E-state index contributed by atoms with van der Waals surface area (Å²) in [6.45, 7) is 4.86. The number of aliphatic hydroxyl groups excluding tert-OH is 2. The molecule has 1 heterocycles. The van der Waals surface area contributed by atoms with Gasteiger partial charge in [0.15, 0.2) is 0 Å². The fourth-order valence-corrected chi connectivity index (χ4v) is 7.98. The van der Waals surface area contributed by atoms with Gasteiger partial charge in [0.25, 0.3) is 0 Å². The average Bonchev–Trinajstić information content (AvgIpc) is 3.46. The fraction of sp³-hybridized carbons (Fsp3) is 0.594. The molecule has 1 saturated heterocycles. The van der Waals surface area contributed by atoms with E-state index in [1.165, 1.54) is 20.0 Å². The van der Waals surface area contributed by atoms with E-state index in [1.54, 1.807) is 19.0 Å². The number of hydrogen-bond donors (Lipinski definition) is 4. The van der Waals surface area contributed by atoms with Crippen molar-refractivity contribution in [2.45, 2.75) is 43.9 Å². The van der Waals surface area contributed by atoms with Crippen LogP contribution in [0.2, 0.25) is 0 Å². The Hall–Kier alpha value is -3.19. The zero-order chi connectivity index (χ0) is 32.2. The number of aliphatic hydroxyl groups is 3. The van der Waals surface area contributed by atoms with E-state index in [2.05, 4.69) is 16.8 Å². The molecule has 4 atom stereocenters. The number of methoxy groups -OCH3 is 1. The quantitative estimate of drug-likeness (QED) is 0.296. The standard InChI is InChI=1S/C32H45BN5O6/c1-35(2)25-18(16-37(5)11-12-38-9-7-8-10-38)15-21(44-6)23-19(25)13-17-14-20-26(36(3)4)28(40)24(31(34)42)29(33)32(20,43)30(41)22(17)27(23)39/h15,17,20,26,39-40,43H,7-14,16H2,1-6H3,(H2,34,42)/t17-,20-,26-,32+/m0/s1.